The highest BCUT2D eigenvalue weighted by Gasteiger charge is 2.25. The van der Waals surface area contributed by atoms with E-state index in [-0.39, 0.29) is 0 Å². The maximum atomic E-state index is 3.78. The molecule has 0 aromatic heterocycles. The van der Waals surface area contributed by atoms with E-state index in [9.17, 15) is 0 Å². The lowest BCUT2D eigenvalue weighted by atomic mass is 9.77. The first-order valence-corrected chi connectivity index (χ1v) is 7.66. The Labute approximate surface area is 99.4 Å². The van der Waals surface area contributed by atoms with Crippen LogP contribution in [-0.2, 0) is 0 Å². The average molecular weight is 242 g/mol. The van der Waals surface area contributed by atoms with Crippen molar-refractivity contribution in [2.45, 2.75) is 32.1 Å². The number of unbranched alkanes of at least 4 members (excludes halogenated alkanes) is 1. The third-order valence-electron chi connectivity index (χ3n) is 3.42. The maximum absolute atomic E-state index is 3.78. The van der Waals surface area contributed by atoms with Crippen LogP contribution in [0.15, 0.2) is 24.3 Å². The summed E-state index contributed by atoms with van der Waals surface area (Å²) in [6.45, 7) is 3.78. The van der Waals surface area contributed by atoms with Gasteiger partial charge in [0.1, 0.15) is 0 Å². The molecule has 0 nitrogen and oxygen atoms in total. The average Bonchev–Trinajstić information content (AvgIpc) is 2.29. The van der Waals surface area contributed by atoms with E-state index in [1.54, 1.807) is 5.57 Å². The Morgan fingerprint density at radius 1 is 1.27 bits per heavy atom. The van der Waals surface area contributed by atoms with Gasteiger partial charge in [0.2, 0.25) is 0 Å². The number of allylic oxidation sites excluding steroid dienone is 3. The van der Waals surface area contributed by atoms with E-state index in [4.69, 9.17) is 0 Å². The van der Waals surface area contributed by atoms with Crippen LogP contribution in [0, 0.1) is 11.8 Å². The summed E-state index contributed by atoms with van der Waals surface area (Å²) in [5.41, 5.74) is 1.71. The van der Waals surface area contributed by atoms with E-state index in [0.29, 0.717) is 0 Å². The van der Waals surface area contributed by atoms with Crippen molar-refractivity contribution in [3.05, 3.63) is 24.3 Å². The van der Waals surface area contributed by atoms with Crippen LogP contribution in [0.25, 0.3) is 0 Å². The van der Waals surface area contributed by atoms with E-state index in [1.807, 2.05) is 6.08 Å². The van der Waals surface area contributed by atoms with Crippen LogP contribution < -0.4 is 0 Å². The van der Waals surface area contributed by atoms with Crippen LogP contribution in [0.5, 0.6) is 0 Å². The highest BCUT2D eigenvalue weighted by atomic mass is 31.0. The predicted molar refractivity (Wildman–Crippen MR) is 77.5 cm³/mol. The van der Waals surface area contributed by atoms with E-state index >= 15 is 0 Å². The van der Waals surface area contributed by atoms with Gasteiger partial charge in [-0.1, -0.05) is 17.7 Å². The first-order chi connectivity index (χ1) is 7.33. The standard InChI is InChI=1S/C13H24P2/c1-2-3-4-6-11-7-5-8-12(9-14)13(11)10-15/h2,6,12-13H,1,3-5,7-10,14-15H2/b11-6+. The van der Waals surface area contributed by atoms with Crippen molar-refractivity contribution in [3.63, 3.8) is 0 Å². The topological polar surface area (TPSA) is 0 Å². The summed E-state index contributed by atoms with van der Waals surface area (Å²) < 4.78 is 0. The lowest BCUT2D eigenvalue weighted by molar-refractivity contribution is 0.359. The van der Waals surface area contributed by atoms with Crippen molar-refractivity contribution in [2.75, 3.05) is 12.3 Å². The molecule has 1 rings (SSSR count). The SMILES string of the molecule is C=CCC/C=C1\CCCC(CP)C1CP. The molecule has 1 saturated carbocycles. The second kappa shape index (κ2) is 7.59. The Balaban J connectivity index is 2.59. The molecule has 1 aliphatic rings. The van der Waals surface area contributed by atoms with Crippen LogP contribution in [0.2, 0.25) is 0 Å². The lowest BCUT2D eigenvalue weighted by Crippen LogP contribution is -2.24. The Morgan fingerprint density at radius 2 is 2.07 bits per heavy atom. The number of rotatable bonds is 5. The summed E-state index contributed by atoms with van der Waals surface area (Å²) >= 11 is 0. The van der Waals surface area contributed by atoms with Gasteiger partial charge in [-0.25, -0.2) is 0 Å². The van der Waals surface area contributed by atoms with Gasteiger partial charge in [0.25, 0.3) is 0 Å². The van der Waals surface area contributed by atoms with Crippen molar-refractivity contribution in [1.29, 1.82) is 0 Å². The third-order valence-corrected chi connectivity index (χ3v) is 4.53. The lowest BCUT2D eigenvalue weighted by Gasteiger charge is -2.32. The molecule has 1 aliphatic carbocycles. The minimum Gasteiger partial charge on any atom is -0.137 e. The molecule has 0 amide bonds. The van der Waals surface area contributed by atoms with Gasteiger partial charge in [0.15, 0.2) is 0 Å². The van der Waals surface area contributed by atoms with Gasteiger partial charge < -0.3 is 0 Å². The van der Waals surface area contributed by atoms with Crippen LogP contribution >= 0.6 is 18.5 Å². The van der Waals surface area contributed by atoms with Gasteiger partial charge in [0, 0.05) is 0 Å². The second-order valence-corrected chi connectivity index (χ2v) is 5.32. The Kier molecular flexibility index (Phi) is 6.78. The van der Waals surface area contributed by atoms with E-state index < -0.39 is 0 Å². The smallest absolute Gasteiger partial charge is 0.0137 e. The minimum atomic E-state index is 0.825. The van der Waals surface area contributed by atoms with Crippen LogP contribution in [0.4, 0.5) is 0 Å². The monoisotopic (exact) mass is 242 g/mol. The van der Waals surface area contributed by atoms with Crippen molar-refractivity contribution in [1.82, 2.24) is 0 Å². The minimum absolute atomic E-state index is 0.825. The molecule has 0 aromatic rings. The molecule has 0 aromatic carbocycles. The fourth-order valence-corrected chi connectivity index (χ4v) is 3.78. The molecule has 0 heterocycles. The van der Waals surface area contributed by atoms with E-state index in [2.05, 4.69) is 31.1 Å². The molecule has 1 fully saturated rings. The third kappa shape index (κ3) is 4.01. The summed E-state index contributed by atoms with van der Waals surface area (Å²) in [7, 11) is 5.85. The Morgan fingerprint density at radius 3 is 2.67 bits per heavy atom. The van der Waals surface area contributed by atoms with Crippen LogP contribution in [-0.4, -0.2) is 12.3 Å². The summed E-state index contributed by atoms with van der Waals surface area (Å²) in [5.74, 6) is 1.72. The molecular formula is C13H24P2. The summed E-state index contributed by atoms with van der Waals surface area (Å²) in [5, 5.41) is 0. The molecule has 0 spiro atoms. The Bertz CT molecular complexity index is 221. The van der Waals surface area contributed by atoms with Crippen LogP contribution in [0.3, 0.4) is 0 Å². The normalized spacial score (nSPS) is 29.3. The maximum Gasteiger partial charge on any atom is -0.0137 e. The fourth-order valence-electron chi connectivity index (χ4n) is 2.52. The van der Waals surface area contributed by atoms with Crippen LogP contribution in [0.1, 0.15) is 32.1 Å². The second-order valence-electron chi connectivity index (χ2n) is 4.38. The first kappa shape index (κ1) is 13.4. The van der Waals surface area contributed by atoms with Crippen molar-refractivity contribution in [3.8, 4) is 0 Å². The molecular weight excluding hydrogens is 218 g/mol. The summed E-state index contributed by atoms with van der Waals surface area (Å²) in [6.07, 6.45) is 13.4. The van der Waals surface area contributed by atoms with E-state index in [0.717, 1.165) is 18.3 Å². The highest BCUT2D eigenvalue weighted by Crippen LogP contribution is 2.36. The summed E-state index contributed by atoms with van der Waals surface area (Å²) in [6, 6.07) is 0. The molecule has 0 N–H and O–H groups in total. The number of hydrogen-bond acceptors (Lipinski definition) is 0. The van der Waals surface area contributed by atoms with Gasteiger partial charge >= 0.3 is 0 Å². The first-order valence-electron chi connectivity index (χ1n) is 6.03. The molecule has 0 radical (unpaired) electrons. The van der Waals surface area contributed by atoms with Crippen molar-refractivity contribution < 1.29 is 0 Å². The zero-order valence-corrected chi connectivity index (χ0v) is 11.9. The van der Waals surface area contributed by atoms with Gasteiger partial charge in [-0.2, -0.15) is 0 Å². The predicted octanol–water partition coefficient (Wildman–Crippen LogP) is 4.05. The molecule has 0 saturated heterocycles. The zero-order valence-electron chi connectivity index (χ0n) is 9.62. The van der Waals surface area contributed by atoms with Gasteiger partial charge in [-0.15, -0.1) is 25.1 Å². The van der Waals surface area contributed by atoms with E-state index in [1.165, 1.54) is 38.0 Å². The quantitative estimate of drug-likeness (QED) is 0.387. The molecule has 4 atom stereocenters. The Hall–Kier alpha value is 0.340. The van der Waals surface area contributed by atoms with Crippen molar-refractivity contribution >= 4 is 18.5 Å². The molecule has 15 heavy (non-hydrogen) atoms. The molecule has 0 bridgehead atoms. The van der Waals surface area contributed by atoms with Crippen molar-refractivity contribution in [2.24, 2.45) is 11.8 Å². The van der Waals surface area contributed by atoms with Gasteiger partial charge in [0.05, 0.1) is 0 Å². The van der Waals surface area contributed by atoms with Gasteiger partial charge in [-0.05, 0) is 56.3 Å². The molecule has 0 aliphatic heterocycles. The fraction of sp³-hybridized carbons (Fsp3) is 0.692. The molecule has 2 heteroatoms. The highest BCUT2D eigenvalue weighted by molar-refractivity contribution is 7.16. The number of hydrogen-bond donors (Lipinski definition) is 0. The zero-order chi connectivity index (χ0) is 11.1. The van der Waals surface area contributed by atoms with Gasteiger partial charge in [-0.3, -0.25) is 0 Å². The largest absolute Gasteiger partial charge is 0.137 e. The molecule has 86 valence electrons. The molecule has 4 unspecified atom stereocenters. The summed E-state index contributed by atoms with van der Waals surface area (Å²) in [4.78, 5) is 0.